The molecule has 2 heteroatoms. The average molecular weight is 227 g/mol. The highest BCUT2D eigenvalue weighted by molar-refractivity contribution is 7.99. The lowest BCUT2D eigenvalue weighted by atomic mass is 10.1. The number of rotatable bonds is 0. The number of fused-ring (bicyclic) bond motifs is 2. The molecule has 2 aromatic carbocycles. The van der Waals surface area contributed by atoms with Crippen molar-refractivity contribution >= 4 is 17.4 Å². The average Bonchev–Trinajstić information content (AvgIpc) is 2.48. The largest absolute Gasteiger partial charge is 0.380 e. The second-order valence-electron chi connectivity index (χ2n) is 4.06. The van der Waals surface area contributed by atoms with Crippen molar-refractivity contribution in [3.05, 3.63) is 53.6 Å². The summed E-state index contributed by atoms with van der Waals surface area (Å²) < 4.78 is 0. The van der Waals surface area contributed by atoms with Crippen LogP contribution in [-0.2, 0) is 6.54 Å². The fourth-order valence-corrected chi connectivity index (χ4v) is 2.99. The van der Waals surface area contributed by atoms with Gasteiger partial charge in [-0.25, -0.2) is 0 Å². The van der Waals surface area contributed by atoms with Crippen molar-refractivity contribution in [1.82, 2.24) is 0 Å². The van der Waals surface area contributed by atoms with Crippen molar-refractivity contribution in [3.63, 3.8) is 0 Å². The molecule has 0 bridgehead atoms. The van der Waals surface area contributed by atoms with E-state index >= 15 is 0 Å². The van der Waals surface area contributed by atoms with E-state index in [1.807, 2.05) is 11.8 Å². The summed E-state index contributed by atoms with van der Waals surface area (Å²) in [5, 5.41) is 3.49. The van der Waals surface area contributed by atoms with Crippen molar-refractivity contribution in [2.45, 2.75) is 23.3 Å². The molecule has 0 unspecified atom stereocenters. The molecule has 1 nitrogen and oxygen atoms in total. The summed E-state index contributed by atoms with van der Waals surface area (Å²) in [4.78, 5) is 2.67. The topological polar surface area (TPSA) is 12.0 Å². The van der Waals surface area contributed by atoms with Crippen LogP contribution in [0.25, 0.3) is 0 Å². The van der Waals surface area contributed by atoms with Crippen LogP contribution in [0.15, 0.2) is 52.3 Å². The molecule has 16 heavy (non-hydrogen) atoms. The Morgan fingerprint density at radius 2 is 1.94 bits per heavy atom. The van der Waals surface area contributed by atoms with Crippen LogP contribution in [0.5, 0.6) is 0 Å². The zero-order valence-electron chi connectivity index (χ0n) is 9.16. The first-order valence-electron chi connectivity index (χ1n) is 5.43. The molecule has 2 aromatic rings. The minimum atomic E-state index is 0.918. The molecule has 1 N–H and O–H groups in total. The highest BCUT2D eigenvalue weighted by Gasteiger charge is 2.12. The van der Waals surface area contributed by atoms with Crippen molar-refractivity contribution in [2.75, 3.05) is 5.32 Å². The van der Waals surface area contributed by atoms with Gasteiger partial charge in [-0.2, -0.15) is 0 Å². The molecular formula is C14H13NS. The van der Waals surface area contributed by atoms with Crippen LogP contribution in [0.2, 0.25) is 0 Å². The maximum absolute atomic E-state index is 3.49. The van der Waals surface area contributed by atoms with Gasteiger partial charge >= 0.3 is 0 Å². The van der Waals surface area contributed by atoms with Crippen molar-refractivity contribution in [3.8, 4) is 0 Å². The molecule has 0 fully saturated rings. The van der Waals surface area contributed by atoms with Crippen LogP contribution in [-0.4, -0.2) is 0 Å². The highest BCUT2D eigenvalue weighted by Crippen LogP contribution is 2.38. The van der Waals surface area contributed by atoms with E-state index in [1.165, 1.54) is 26.6 Å². The van der Waals surface area contributed by atoms with E-state index in [0.717, 1.165) is 6.54 Å². The third-order valence-corrected chi connectivity index (χ3v) is 3.99. The Balaban J connectivity index is 2.08. The van der Waals surface area contributed by atoms with E-state index in [4.69, 9.17) is 0 Å². The maximum atomic E-state index is 3.49. The van der Waals surface area contributed by atoms with Gasteiger partial charge in [0.05, 0.1) is 0 Å². The van der Waals surface area contributed by atoms with Gasteiger partial charge in [-0.1, -0.05) is 41.6 Å². The van der Waals surface area contributed by atoms with Gasteiger partial charge < -0.3 is 5.32 Å². The van der Waals surface area contributed by atoms with Crippen molar-refractivity contribution < 1.29 is 0 Å². The molecule has 0 saturated carbocycles. The van der Waals surface area contributed by atoms with Gasteiger partial charge in [-0.05, 0) is 30.7 Å². The SMILES string of the molecule is Cc1ccc2c(c1)CNc1ccccc1S2. The lowest BCUT2D eigenvalue weighted by molar-refractivity contribution is 1.09. The summed E-state index contributed by atoms with van der Waals surface area (Å²) in [5.74, 6) is 0. The molecule has 0 atom stereocenters. The third kappa shape index (κ3) is 1.69. The molecule has 1 aliphatic heterocycles. The minimum absolute atomic E-state index is 0.918. The number of nitrogens with one attached hydrogen (secondary N) is 1. The Morgan fingerprint density at radius 3 is 2.88 bits per heavy atom. The number of aryl methyl sites for hydroxylation is 1. The Labute approximate surface area is 99.9 Å². The van der Waals surface area contributed by atoms with Gasteiger partial charge in [0.2, 0.25) is 0 Å². The van der Waals surface area contributed by atoms with Crippen LogP contribution < -0.4 is 5.32 Å². The predicted octanol–water partition coefficient (Wildman–Crippen LogP) is 4.07. The molecular weight excluding hydrogens is 214 g/mol. The number of anilines is 1. The van der Waals surface area contributed by atoms with E-state index in [1.54, 1.807) is 0 Å². The molecule has 0 saturated heterocycles. The monoisotopic (exact) mass is 227 g/mol. The van der Waals surface area contributed by atoms with Gasteiger partial charge in [0, 0.05) is 22.0 Å². The fourth-order valence-electron chi connectivity index (χ4n) is 1.96. The van der Waals surface area contributed by atoms with Gasteiger partial charge in [0.1, 0.15) is 0 Å². The Hall–Kier alpha value is -1.41. The summed E-state index contributed by atoms with van der Waals surface area (Å²) >= 11 is 1.85. The maximum Gasteiger partial charge on any atom is 0.0484 e. The molecule has 1 aliphatic rings. The van der Waals surface area contributed by atoms with Crippen LogP contribution in [0.4, 0.5) is 5.69 Å². The fraction of sp³-hybridized carbons (Fsp3) is 0.143. The number of hydrogen-bond donors (Lipinski definition) is 1. The molecule has 1 heterocycles. The van der Waals surface area contributed by atoms with E-state index in [0.29, 0.717) is 0 Å². The normalized spacial score (nSPS) is 13.3. The Kier molecular flexibility index (Phi) is 2.37. The standard InChI is InChI=1S/C14H13NS/c1-10-6-7-13-11(8-10)9-15-12-4-2-3-5-14(12)16-13/h2-8,15H,9H2,1H3. The first-order valence-corrected chi connectivity index (χ1v) is 6.25. The van der Waals surface area contributed by atoms with Crippen molar-refractivity contribution in [1.29, 1.82) is 0 Å². The van der Waals surface area contributed by atoms with Crippen LogP contribution in [0, 0.1) is 6.92 Å². The third-order valence-electron chi connectivity index (χ3n) is 2.79. The van der Waals surface area contributed by atoms with Crippen LogP contribution in [0.1, 0.15) is 11.1 Å². The summed E-state index contributed by atoms with van der Waals surface area (Å²) in [6.07, 6.45) is 0. The predicted molar refractivity (Wildman–Crippen MR) is 69.1 cm³/mol. The molecule has 80 valence electrons. The zero-order chi connectivity index (χ0) is 11.0. The number of para-hydroxylation sites is 1. The lowest BCUT2D eigenvalue weighted by Gasteiger charge is -2.05. The second-order valence-corrected chi connectivity index (χ2v) is 5.15. The molecule has 0 aliphatic carbocycles. The summed E-state index contributed by atoms with van der Waals surface area (Å²) in [6.45, 7) is 3.06. The van der Waals surface area contributed by atoms with E-state index < -0.39 is 0 Å². The lowest BCUT2D eigenvalue weighted by Crippen LogP contribution is -1.98. The molecule has 0 amide bonds. The van der Waals surface area contributed by atoms with Gasteiger partial charge in [-0.15, -0.1) is 0 Å². The second kappa shape index (κ2) is 3.87. The van der Waals surface area contributed by atoms with Crippen LogP contribution >= 0.6 is 11.8 Å². The van der Waals surface area contributed by atoms with Gasteiger partial charge in [-0.3, -0.25) is 0 Å². The first-order chi connectivity index (χ1) is 7.83. The number of benzene rings is 2. The number of hydrogen-bond acceptors (Lipinski definition) is 2. The molecule has 3 rings (SSSR count). The highest BCUT2D eigenvalue weighted by atomic mass is 32.2. The quantitative estimate of drug-likeness (QED) is 0.728. The minimum Gasteiger partial charge on any atom is -0.380 e. The van der Waals surface area contributed by atoms with E-state index in [9.17, 15) is 0 Å². The van der Waals surface area contributed by atoms with Gasteiger partial charge in [0.25, 0.3) is 0 Å². The van der Waals surface area contributed by atoms with E-state index in [-0.39, 0.29) is 0 Å². The van der Waals surface area contributed by atoms with Crippen molar-refractivity contribution in [2.24, 2.45) is 0 Å². The zero-order valence-corrected chi connectivity index (χ0v) is 9.97. The first kappa shape index (κ1) is 9.79. The van der Waals surface area contributed by atoms with E-state index in [2.05, 4.69) is 54.7 Å². The summed E-state index contributed by atoms with van der Waals surface area (Å²) in [5.41, 5.74) is 3.95. The van der Waals surface area contributed by atoms with Crippen LogP contribution in [0.3, 0.4) is 0 Å². The Bertz CT molecular complexity index is 534. The Morgan fingerprint density at radius 1 is 1.06 bits per heavy atom. The molecule has 0 radical (unpaired) electrons. The smallest absolute Gasteiger partial charge is 0.0484 e. The molecule has 0 aromatic heterocycles. The van der Waals surface area contributed by atoms with Gasteiger partial charge in [0.15, 0.2) is 0 Å². The molecule has 0 spiro atoms. The summed E-state index contributed by atoms with van der Waals surface area (Å²) in [7, 11) is 0. The summed E-state index contributed by atoms with van der Waals surface area (Å²) in [6, 6.07) is 15.1.